The number of fused-ring (bicyclic) bond motifs is 3. The molecule has 1 aliphatic heterocycles. The van der Waals surface area contributed by atoms with Crippen LogP contribution in [0.15, 0.2) is 29.2 Å². The van der Waals surface area contributed by atoms with E-state index in [9.17, 15) is 9.59 Å². The van der Waals surface area contributed by atoms with Crippen molar-refractivity contribution in [3.8, 4) is 0 Å². The summed E-state index contributed by atoms with van der Waals surface area (Å²) in [5.41, 5.74) is 3.58. The molecule has 1 aromatic carbocycles. The summed E-state index contributed by atoms with van der Waals surface area (Å²) in [6, 6.07) is 5.49. The van der Waals surface area contributed by atoms with Gasteiger partial charge in [0.1, 0.15) is 5.02 Å². The molecule has 0 atom stereocenters. The predicted octanol–water partition coefficient (Wildman–Crippen LogP) is 3.48. The molecule has 0 radical (unpaired) electrons. The minimum atomic E-state index is -0.449. The topological polar surface area (TPSA) is 80.2 Å². The lowest BCUT2D eigenvalue weighted by Gasteiger charge is -2.30. The second-order valence-electron chi connectivity index (χ2n) is 8.24. The molecular formula is C21H23ClN4O3. The summed E-state index contributed by atoms with van der Waals surface area (Å²) in [7, 11) is 1.37. The van der Waals surface area contributed by atoms with Crippen LogP contribution in [-0.4, -0.2) is 34.4 Å². The molecule has 0 fully saturated rings. The average molecular weight is 415 g/mol. The van der Waals surface area contributed by atoms with Gasteiger partial charge in [0.15, 0.2) is 0 Å². The van der Waals surface area contributed by atoms with E-state index in [4.69, 9.17) is 16.3 Å². The molecule has 0 aliphatic carbocycles. The second-order valence-corrected chi connectivity index (χ2v) is 8.62. The zero-order chi connectivity index (χ0) is 20.9. The van der Waals surface area contributed by atoms with Crippen LogP contribution >= 0.6 is 11.6 Å². The van der Waals surface area contributed by atoms with E-state index in [1.807, 2.05) is 32.9 Å². The largest absolute Gasteiger partial charge is 0.465 e. The fraction of sp³-hybridized carbons (Fsp3) is 0.381. The molecule has 0 amide bonds. The molecule has 1 aliphatic rings. The molecule has 7 nitrogen and oxygen atoms in total. The summed E-state index contributed by atoms with van der Waals surface area (Å²) < 4.78 is 6.25. The lowest BCUT2D eigenvalue weighted by molar-refractivity contribution is 0.0601. The zero-order valence-electron chi connectivity index (χ0n) is 16.9. The number of H-pyrrole nitrogens is 1. The lowest BCUT2D eigenvalue weighted by atomic mass is 10.0. The first-order valence-electron chi connectivity index (χ1n) is 9.45. The van der Waals surface area contributed by atoms with Crippen molar-refractivity contribution >= 4 is 34.2 Å². The van der Waals surface area contributed by atoms with Crippen molar-refractivity contribution in [1.29, 1.82) is 0 Å². The number of nitrogens with zero attached hydrogens (tertiary/aromatic N) is 3. The Labute approximate surface area is 173 Å². The van der Waals surface area contributed by atoms with Gasteiger partial charge in [0.05, 0.1) is 30.1 Å². The van der Waals surface area contributed by atoms with Gasteiger partial charge in [-0.1, -0.05) is 11.6 Å². The highest BCUT2D eigenvalue weighted by atomic mass is 35.5. The third-order valence-corrected chi connectivity index (χ3v) is 5.63. The van der Waals surface area contributed by atoms with Gasteiger partial charge in [-0.25, -0.2) is 9.48 Å². The van der Waals surface area contributed by atoms with Gasteiger partial charge < -0.3 is 14.6 Å². The van der Waals surface area contributed by atoms with Gasteiger partial charge in [-0.3, -0.25) is 4.79 Å². The van der Waals surface area contributed by atoms with E-state index >= 15 is 0 Å². The zero-order valence-corrected chi connectivity index (χ0v) is 17.6. The molecule has 0 unspecified atom stereocenters. The maximum absolute atomic E-state index is 12.7. The molecule has 2 aromatic heterocycles. The van der Waals surface area contributed by atoms with E-state index < -0.39 is 5.54 Å². The van der Waals surface area contributed by atoms with E-state index in [-0.39, 0.29) is 16.6 Å². The molecule has 4 rings (SSSR count). The highest BCUT2D eigenvalue weighted by Gasteiger charge is 2.26. The van der Waals surface area contributed by atoms with Gasteiger partial charge in [-0.2, -0.15) is 5.10 Å². The molecule has 8 heteroatoms. The number of hydrogen-bond donors (Lipinski definition) is 1. The van der Waals surface area contributed by atoms with Crippen molar-refractivity contribution in [2.45, 2.75) is 39.3 Å². The average Bonchev–Trinajstić information content (AvgIpc) is 3.05. The van der Waals surface area contributed by atoms with Crippen LogP contribution in [0.25, 0.3) is 10.9 Å². The van der Waals surface area contributed by atoms with Crippen LogP contribution in [-0.2, 0) is 23.2 Å². The quantitative estimate of drug-likeness (QED) is 0.649. The van der Waals surface area contributed by atoms with Crippen molar-refractivity contribution in [1.82, 2.24) is 14.8 Å². The van der Waals surface area contributed by atoms with Gasteiger partial charge in [-0.15, -0.1) is 0 Å². The smallest absolute Gasteiger partial charge is 0.337 e. The Morgan fingerprint density at radius 2 is 2.07 bits per heavy atom. The van der Waals surface area contributed by atoms with Crippen LogP contribution in [0.1, 0.15) is 42.4 Å². The number of methoxy groups -OCH3 is 1. The molecule has 0 saturated carbocycles. The summed E-state index contributed by atoms with van der Waals surface area (Å²) in [4.78, 5) is 30.1. The first-order valence-corrected chi connectivity index (χ1v) is 9.83. The summed E-state index contributed by atoms with van der Waals surface area (Å²) in [6.45, 7) is 7.02. The molecule has 0 saturated heterocycles. The number of rotatable bonds is 2. The number of aromatic nitrogens is 3. The number of esters is 1. The highest BCUT2D eigenvalue weighted by Crippen LogP contribution is 2.33. The van der Waals surface area contributed by atoms with E-state index in [1.165, 1.54) is 11.8 Å². The number of nitrogens with one attached hydrogen (secondary N) is 1. The maximum Gasteiger partial charge on any atom is 0.337 e. The Hall–Kier alpha value is -2.80. The van der Waals surface area contributed by atoms with E-state index in [1.54, 1.807) is 12.3 Å². The van der Waals surface area contributed by atoms with Crippen molar-refractivity contribution in [3.05, 3.63) is 56.6 Å². The SMILES string of the molecule is COC(=O)c1ccc2[nH]c3c(c2c1)CN(c1cnn(C(C)(C)C)c(=O)c1Cl)CC3. The summed E-state index contributed by atoms with van der Waals surface area (Å²) in [6.07, 6.45) is 2.44. The van der Waals surface area contributed by atoms with Crippen LogP contribution in [0, 0.1) is 0 Å². The molecule has 152 valence electrons. The molecule has 0 bridgehead atoms. The molecule has 1 N–H and O–H groups in total. The van der Waals surface area contributed by atoms with Gasteiger partial charge >= 0.3 is 5.97 Å². The van der Waals surface area contributed by atoms with Crippen molar-refractivity contribution in [3.63, 3.8) is 0 Å². The van der Waals surface area contributed by atoms with Crippen LogP contribution in [0.4, 0.5) is 5.69 Å². The van der Waals surface area contributed by atoms with Gasteiger partial charge in [0.2, 0.25) is 0 Å². The van der Waals surface area contributed by atoms with Crippen molar-refractivity contribution in [2.24, 2.45) is 0 Å². The molecule has 29 heavy (non-hydrogen) atoms. The number of halogens is 1. The number of ether oxygens (including phenoxy) is 1. The summed E-state index contributed by atoms with van der Waals surface area (Å²) in [5.74, 6) is -0.368. The first-order chi connectivity index (χ1) is 13.7. The monoisotopic (exact) mass is 414 g/mol. The number of benzene rings is 1. The van der Waals surface area contributed by atoms with Gasteiger partial charge in [-0.05, 0) is 39.0 Å². The fourth-order valence-corrected chi connectivity index (χ4v) is 4.04. The Kier molecular flexibility index (Phi) is 4.65. The van der Waals surface area contributed by atoms with Crippen molar-refractivity contribution < 1.29 is 9.53 Å². The van der Waals surface area contributed by atoms with Crippen LogP contribution < -0.4 is 10.5 Å². The Morgan fingerprint density at radius 1 is 1.31 bits per heavy atom. The Balaban J connectivity index is 1.74. The van der Waals surface area contributed by atoms with Crippen LogP contribution in [0.2, 0.25) is 5.02 Å². The maximum atomic E-state index is 12.7. The second kappa shape index (κ2) is 6.91. The number of hydrogen-bond acceptors (Lipinski definition) is 5. The van der Waals surface area contributed by atoms with Crippen LogP contribution in [0.5, 0.6) is 0 Å². The van der Waals surface area contributed by atoms with Crippen molar-refractivity contribution in [2.75, 3.05) is 18.6 Å². The number of carbonyl (C=O) groups is 1. The van der Waals surface area contributed by atoms with Crippen LogP contribution in [0.3, 0.4) is 0 Å². The molecule has 3 heterocycles. The Bertz CT molecular complexity index is 1170. The Morgan fingerprint density at radius 3 is 2.76 bits per heavy atom. The van der Waals surface area contributed by atoms with E-state index in [0.717, 1.165) is 28.6 Å². The molecule has 3 aromatic rings. The summed E-state index contributed by atoms with van der Waals surface area (Å²) in [5, 5.41) is 5.50. The number of aromatic amines is 1. The lowest BCUT2D eigenvalue weighted by Crippen LogP contribution is -2.38. The number of anilines is 1. The fourth-order valence-electron chi connectivity index (χ4n) is 3.79. The third-order valence-electron chi connectivity index (χ3n) is 5.27. The molecular weight excluding hydrogens is 392 g/mol. The van der Waals surface area contributed by atoms with E-state index in [2.05, 4.69) is 15.0 Å². The normalized spacial score (nSPS) is 14.2. The minimum Gasteiger partial charge on any atom is -0.465 e. The van der Waals surface area contributed by atoms with Gasteiger partial charge in [0, 0.05) is 41.7 Å². The first kappa shape index (κ1) is 19.5. The standard InChI is InChI=1S/C21H23ClN4O3/c1-21(2,3)26-19(27)18(22)17(10-23-26)25-8-7-16-14(11-25)13-9-12(20(28)29-4)5-6-15(13)24-16/h5-6,9-10,24H,7-8,11H2,1-4H3. The minimum absolute atomic E-state index is 0.175. The predicted molar refractivity (Wildman–Crippen MR) is 113 cm³/mol. The number of carbonyl (C=O) groups excluding carboxylic acids is 1. The highest BCUT2D eigenvalue weighted by molar-refractivity contribution is 6.33. The third kappa shape index (κ3) is 3.29. The summed E-state index contributed by atoms with van der Waals surface area (Å²) >= 11 is 6.46. The van der Waals surface area contributed by atoms with Gasteiger partial charge in [0.25, 0.3) is 5.56 Å². The van der Waals surface area contributed by atoms with E-state index in [0.29, 0.717) is 24.3 Å². The molecule has 0 spiro atoms.